The second kappa shape index (κ2) is 8.75. The lowest BCUT2D eigenvalue weighted by atomic mass is 9.82. The molecule has 7 heteroatoms. The van der Waals surface area contributed by atoms with Crippen molar-refractivity contribution in [1.82, 2.24) is 9.21 Å². The summed E-state index contributed by atoms with van der Waals surface area (Å²) in [6, 6.07) is 15.9. The molecule has 2 fully saturated rings. The molecule has 1 spiro atoms. The van der Waals surface area contributed by atoms with E-state index in [-0.39, 0.29) is 10.5 Å². The first kappa shape index (κ1) is 21.4. The van der Waals surface area contributed by atoms with Gasteiger partial charge in [-0.3, -0.25) is 4.90 Å². The molecule has 2 saturated heterocycles. The predicted molar refractivity (Wildman–Crippen MR) is 114 cm³/mol. The van der Waals surface area contributed by atoms with Gasteiger partial charge in [-0.15, -0.1) is 0 Å². The molecule has 0 bridgehead atoms. The lowest BCUT2D eigenvalue weighted by Crippen LogP contribution is -2.53. The molecular formula is C23H29FN2O3S. The Kier molecular flexibility index (Phi) is 6.25. The highest BCUT2D eigenvalue weighted by molar-refractivity contribution is 7.89. The van der Waals surface area contributed by atoms with Gasteiger partial charge >= 0.3 is 0 Å². The lowest BCUT2D eigenvalue weighted by molar-refractivity contribution is -0.125. The van der Waals surface area contributed by atoms with Gasteiger partial charge in [-0.1, -0.05) is 30.3 Å². The van der Waals surface area contributed by atoms with E-state index in [1.54, 1.807) is 0 Å². The topological polar surface area (TPSA) is 49.9 Å². The second-order valence-corrected chi connectivity index (χ2v) is 10.4. The van der Waals surface area contributed by atoms with E-state index in [0.29, 0.717) is 38.6 Å². The molecule has 4 rings (SSSR count). The van der Waals surface area contributed by atoms with Crippen molar-refractivity contribution < 1.29 is 17.5 Å². The van der Waals surface area contributed by atoms with E-state index in [0.717, 1.165) is 19.4 Å². The Hall–Kier alpha value is -1.80. The summed E-state index contributed by atoms with van der Waals surface area (Å²) in [6.45, 7) is 2.45. The molecule has 162 valence electrons. The molecule has 30 heavy (non-hydrogen) atoms. The Morgan fingerprint density at radius 1 is 1.10 bits per heavy atom. The molecule has 0 radical (unpaired) electrons. The van der Waals surface area contributed by atoms with E-state index in [1.165, 1.54) is 34.1 Å². The van der Waals surface area contributed by atoms with Crippen LogP contribution in [0.2, 0.25) is 0 Å². The van der Waals surface area contributed by atoms with Crippen LogP contribution in [0.15, 0.2) is 59.5 Å². The Morgan fingerprint density at radius 3 is 2.43 bits per heavy atom. The van der Waals surface area contributed by atoms with Gasteiger partial charge in [-0.2, -0.15) is 4.31 Å². The minimum atomic E-state index is -3.60. The molecule has 1 atom stereocenters. The maximum Gasteiger partial charge on any atom is 0.243 e. The van der Waals surface area contributed by atoms with Crippen LogP contribution < -0.4 is 0 Å². The van der Waals surface area contributed by atoms with Crippen molar-refractivity contribution in [2.24, 2.45) is 0 Å². The SMILES string of the molecule is CN(Cc1ccccc1)C1CCOC2(CCN(S(=O)(=O)c3ccc(F)cc3)CC2)C1. The van der Waals surface area contributed by atoms with E-state index in [9.17, 15) is 12.8 Å². The minimum absolute atomic E-state index is 0.143. The number of ether oxygens (including phenoxy) is 1. The van der Waals surface area contributed by atoms with E-state index >= 15 is 0 Å². The summed E-state index contributed by atoms with van der Waals surface area (Å²) in [4.78, 5) is 2.53. The lowest BCUT2D eigenvalue weighted by Gasteiger charge is -2.47. The van der Waals surface area contributed by atoms with Crippen LogP contribution in [0.5, 0.6) is 0 Å². The Bertz CT molecular complexity index is 942. The molecule has 0 amide bonds. The number of halogens is 1. The third-order valence-corrected chi connectivity index (χ3v) is 8.36. The summed E-state index contributed by atoms with van der Waals surface area (Å²) in [5.41, 5.74) is 1.03. The molecule has 2 aromatic rings. The number of nitrogens with zero attached hydrogens (tertiary/aromatic N) is 2. The molecule has 2 heterocycles. The van der Waals surface area contributed by atoms with Crippen LogP contribution >= 0.6 is 0 Å². The zero-order chi connectivity index (χ0) is 21.2. The van der Waals surface area contributed by atoms with Crippen molar-refractivity contribution >= 4 is 10.0 Å². The van der Waals surface area contributed by atoms with Crippen LogP contribution in [0.3, 0.4) is 0 Å². The number of sulfonamides is 1. The van der Waals surface area contributed by atoms with Crippen molar-refractivity contribution in [3.05, 3.63) is 66.0 Å². The molecule has 2 aliphatic rings. The fourth-order valence-electron chi connectivity index (χ4n) is 4.62. The van der Waals surface area contributed by atoms with Crippen molar-refractivity contribution in [1.29, 1.82) is 0 Å². The van der Waals surface area contributed by atoms with Gasteiger partial charge in [0.05, 0.1) is 10.5 Å². The first-order valence-corrected chi connectivity index (χ1v) is 12.0. The van der Waals surface area contributed by atoms with Crippen molar-refractivity contribution in [3.63, 3.8) is 0 Å². The zero-order valence-corrected chi connectivity index (χ0v) is 18.2. The molecule has 2 aliphatic heterocycles. The third kappa shape index (κ3) is 4.59. The van der Waals surface area contributed by atoms with E-state index in [2.05, 4.69) is 36.2 Å². The fraction of sp³-hybridized carbons (Fsp3) is 0.478. The standard InChI is InChI=1S/C23H29FN2O3S/c1-25(18-19-5-3-2-4-6-19)21-11-16-29-23(17-21)12-14-26(15-13-23)30(27,28)22-9-7-20(24)8-10-22/h2-10,21H,11-18H2,1H3. The average molecular weight is 433 g/mol. The van der Waals surface area contributed by atoms with E-state index in [1.807, 2.05) is 6.07 Å². The molecule has 5 nitrogen and oxygen atoms in total. The number of benzene rings is 2. The molecule has 0 aliphatic carbocycles. The predicted octanol–water partition coefficient (Wildman–Crippen LogP) is 3.66. The maximum atomic E-state index is 13.2. The van der Waals surface area contributed by atoms with Gasteiger partial charge in [0.25, 0.3) is 0 Å². The normalized spacial score (nSPS) is 22.4. The summed E-state index contributed by atoms with van der Waals surface area (Å²) in [6.07, 6.45) is 3.27. The highest BCUT2D eigenvalue weighted by atomic mass is 32.2. The number of piperidine rings is 1. The Morgan fingerprint density at radius 2 is 1.77 bits per heavy atom. The molecule has 0 saturated carbocycles. The first-order chi connectivity index (χ1) is 14.4. The molecule has 1 unspecified atom stereocenters. The maximum absolute atomic E-state index is 13.2. The van der Waals surface area contributed by atoms with Crippen molar-refractivity contribution in [3.8, 4) is 0 Å². The van der Waals surface area contributed by atoms with Crippen molar-refractivity contribution in [2.75, 3.05) is 26.7 Å². The molecule has 2 aromatic carbocycles. The van der Waals surface area contributed by atoms with Gasteiger partial charge in [0, 0.05) is 32.3 Å². The zero-order valence-electron chi connectivity index (χ0n) is 17.3. The summed E-state index contributed by atoms with van der Waals surface area (Å²) < 4.78 is 46.7. The quantitative estimate of drug-likeness (QED) is 0.724. The summed E-state index contributed by atoms with van der Waals surface area (Å²) >= 11 is 0. The minimum Gasteiger partial charge on any atom is -0.375 e. The highest BCUT2D eigenvalue weighted by Gasteiger charge is 2.43. The van der Waals surface area contributed by atoms with Gasteiger partial charge in [-0.25, -0.2) is 12.8 Å². The van der Waals surface area contributed by atoms with Crippen LogP contribution in [-0.2, 0) is 21.3 Å². The second-order valence-electron chi connectivity index (χ2n) is 8.44. The van der Waals surface area contributed by atoms with E-state index < -0.39 is 15.8 Å². The summed E-state index contributed by atoms with van der Waals surface area (Å²) in [5, 5.41) is 0. The number of hydrogen-bond donors (Lipinski definition) is 0. The molecule has 0 N–H and O–H groups in total. The monoisotopic (exact) mass is 432 g/mol. The smallest absolute Gasteiger partial charge is 0.243 e. The van der Waals surface area contributed by atoms with Crippen LogP contribution in [0.4, 0.5) is 4.39 Å². The van der Waals surface area contributed by atoms with E-state index in [4.69, 9.17) is 4.74 Å². The van der Waals surface area contributed by atoms with Crippen LogP contribution in [0, 0.1) is 5.82 Å². The largest absolute Gasteiger partial charge is 0.375 e. The van der Waals surface area contributed by atoms with Crippen LogP contribution in [0.25, 0.3) is 0 Å². The highest BCUT2D eigenvalue weighted by Crippen LogP contribution is 2.38. The van der Waals surface area contributed by atoms with Gasteiger partial charge in [0.15, 0.2) is 0 Å². The van der Waals surface area contributed by atoms with Crippen LogP contribution in [-0.4, -0.2) is 56.0 Å². The fourth-order valence-corrected chi connectivity index (χ4v) is 6.06. The van der Waals surface area contributed by atoms with Crippen LogP contribution in [0.1, 0.15) is 31.2 Å². The third-order valence-electron chi connectivity index (χ3n) is 6.45. The van der Waals surface area contributed by atoms with Crippen molar-refractivity contribution in [2.45, 2.75) is 48.8 Å². The Balaban J connectivity index is 1.39. The molecule has 0 aromatic heterocycles. The first-order valence-electron chi connectivity index (χ1n) is 10.5. The summed E-state index contributed by atoms with van der Waals surface area (Å²) in [7, 11) is -1.45. The van der Waals surface area contributed by atoms with Gasteiger partial charge in [0.1, 0.15) is 5.82 Å². The van der Waals surface area contributed by atoms with Gasteiger partial charge in [0.2, 0.25) is 10.0 Å². The molecular weight excluding hydrogens is 403 g/mol. The van der Waals surface area contributed by atoms with Gasteiger partial charge in [-0.05, 0) is 62.6 Å². The Labute approximate surface area is 178 Å². The van der Waals surface area contributed by atoms with Gasteiger partial charge < -0.3 is 4.74 Å². The number of rotatable bonds is 5. The number of hydrogen-bond acceptors (Lipinski definition) is 4. The average Bonchev–Trinajstić information content (AvgIpc) is 2.75. The summed E-state index contributed by atoms with van der Waals surface area (Å²) in [5.74, 6) is -0.437.